The van der Waals surface area contributed by atoms with Gasteiger partial charge in [0, 0.05) is 33.3 Å². The van der Waals surface area contributed by atoms with E-state index in [9.17, 15) is 4.79 Å². The Kier molecular flexibility index (Phi) is 3.49. The van der Waals surface area contributed by atoms with E-state index in [1.54, 1.807) is 14.0 Å². The Morgan fingerprint density at radius 3 is 2.58 bits per heavy atom. The molecule has 0 radical (unpaired) electrons. The minimum absolute atomic E-state index is 0.0963. The van der Waals surface area contributed by atoms with Gasteiger partial charge in [0.15, 0.2) is 0 Å². The summed E-state index contributed by atoms with van der Waals surface area (Å²) >= 11 is 0. The fourth-order valence-electron chi connectivity index (χ4n) is 1.24. The van der Waals surface area contributed by atoms with Crippen molar-refractivity contribution in [3.05, 3.63) is 0 Å². The third-order valence-corrected chi connectivity index (χ3v) is 2.13. The van der Waals surface area contributed by atoms with E-state index in [0.29, 0.717) is 0 Å². The first kappa shape index (κ1) is 9.48. The Labute approximate surface area is 72.9 Å². The second kappa shape index (κ2) is 4.42. The zero-order valence-corrected chi connectivity index (χ0v) is 7.67. The Morgan fingerprint density at radius 1 is 1.50 bits per heavy atom. The molecular weight excluding hydrogens is 156 g/mol. The number of amides is 1. The van der Waals surface area contributed by atoms with E-state index in [1.807, 2.05) is 4.90 Å². The standard InChI is InChI=1S/C8H16N2O2/c1-7(12-2)8(11)10-5-3-9-4-6-10/h7,9H,3-6H2,1-2H3. The minimum atomic E-state index is -0.303. The summed E-state index contributed by atoms with van der Waals surface area (Å²) in [6.45, 7) is 5.16. The van der Waals surface area contributed by atoms with E-state index in [0.717, 1.165) is 26.2 Å². The lowest BCUT2D eigenvalue weighted by atomic mass is 10.3. The summed E-state index contributed by atoms with van der Waals surface area (Å²) in [5, 5.41) is 3.19. The van der Waals surface area contributed by atoms with Crippen LogP contribution in [-0.2, 0) is 9.53 Å². The lowest BCUT2D eigenvalue weighted by Crippen LogP contribution is -2.49. The Bertz CT molecular complexity index is 155. The molecule has 0 spiro atoms. The van der Waals surface area contributed by atoms with E-state index in [2.05, 4.69) is 5.32 Å². The van der Waals surface area contributed by atoms with Crippen LogP contribution in [-0.4, -0.2) is 50.2 Å². The molecular formula is C8H16N2O2. The quantitative estimate of drug-likeness (QED) is 0.608. The Morgan fingerprint density at radius 2 is 2.08 bits per heavy atom. The number of ether oxygens (including phenoxy) is 1. The van der Waals surface area contributed by atoms with E-state index >= 15 is 0 Å². The summed E-state index contributed by atoms with van der Waals surface area (Å²) < 4.78 is 4.95. The first-order valence-corrected chi connectivity index (χ1v) is 4.28. The summed E-state index contributed by atoms with van der Waals surface area (Å²) in [4.78, 5) is 13.3. The molecule has 1 heterocycles. The molecule has 1 aliphatic heterocycles. The molecule has 1 saturated heterocycles. The van der Waals surface area contributed by atoms with Crippen molar-refractivity contribution >= 4 is 5.91 Å². The van der Waals surface area contributed by atoms with Crippen LogP contribution >= 0.6 is 0 Å². The van der Waals surface area contributed by atoms with Crippen molar-refractivity contribution < 1.29 is 9.53 Å². The van der Waals surface area contributed by atoms with Gasteiger partial charge < -0.3 is 15.0 Å². The van der Waals surface area contributed by atoms with Gasteiger partial charge in [0.05, 0.1) is 0 Å². The van der Waals surface area contributed by atoms with Gasteiger partial charge in [0.2, 0.25) is 0 Å². The maximum absolute atomic E-state index is 11.5. The lowest BCUT2D eigenvalue weighted by molar-refractivity contribution is -0.141. The lowest BCUT2D eigenvalue weighted by Gasteiger charge is -2.29. The molecule has 1 amide bonds. The van der Waals surface area contributed by atoms with Crippen LogP contribution in [0.4, 0.5) is 0 Å². The number of methoxy groups -OCH3 is 1. The molecule has 1 atom stereocenters. The van der Waals surface area contributed by atoms with Crippen LogP contribution in [0.5, 0.6) is 0 Å². The third kappa shape index (κ3) is 2.19. The highest BCUT2D eigenvalue weighted by molar-refractivity contribution is 5.80. The molecule has 1 N–H and O–H groups in total. The van der Waals surface area contributed by atoms with Gasteiger partial charge in [-0.05, 0) is 6.92 Å². The fourth-order valence-corrected chi connectivity index (χ4v) is 1.24. The van der Waals surface area contributed by atoms with E-state index in [1.165, 1.54) is 0 Å². The normalized spacial score (nSPS) is 20.7. The van der Waals surface area contributed by atoms with Gasteiger partial charge in [-0.2, -0.15) is 0 Å². The maximum atomic E-state index is 11.5. The third-order valence-electron chi connectivity index (χ3n) is 2.13. The van der Waals surface area contributed by atoms with Crippen LogP contribution in [0.25, 0.3) is 0 Å². The van der Waals surface area contributed by atoms with Gasteiger partial charge in [-0.25, -0.2) is 0 Å². The molecule has 0 aromatic heterocycles. The number of carbonyl (C=O) groups excluding carboxylic acids is 1. The monoisotopic (exact) mass is 172 g/mol. The predicted octanol–water partition coefficient (Wildman–Crippen LogP) is -0.547. The van der Waals surface area contributed by atoms with Crippen molar-refractivity contribution in [1.82, 2.24) is 10.2 Å². The zero-order chi connectivity index (χ0) is 8.97. The first-order chi connectivity index (χ1) is 5.75. The van der Waals surface area contributed by atoms with E-state index in [4.69, 9.17) is 4.74 Å². The first-order valence-electron chi connectivity index (χ1n) is 4.28. The summed E-state index contributed by atoms with van der Waals surface area (Å²) in [5.74, 6) is 0.0963. The maximum Gasteiger partial charge on any atom is 0.251 e. The smallest absolute Gasteiger partial charge is 0.251 e. The van der Waals surface area contributed by atoms with Gasteiger partial charge in [-0.1, -0.05) is 0 Å². The highest BCUT2D eigenvalue weighted by Gasteiger charge is 2.20. The van der Waals surface area contributed by atoms with Crippen LogP contribution in [0.1, 0.15) is 6.92 Å². The van der Waals surface area contributed by atoms with Gasteiger partial charge in [-0.3, -0.25) is 4.79 Å². The summed E-state index contributed by atoms with van der Waals surface area (Å²) in [7, 11) is 1.56. The molecule has 70 valence electrons. The number of rotatable bonds is 2. The van der Waals surface area contributed by atoms with Crippen LogP contribution in [0.15, 0.2) is 0 Å². The molecule has 0 aromatic carbocycles. The Balaban J connectivity index is 2.39. The SMILES string of the molecule is COC(C)C(=O)N1CCNCC1. The molecule has 1 aliphatic rings. The molecule has 0 saturated carbocycles. The van der Waals surface area contributed by atoms with Gasteiger partial charge in [0.25, 0.3) is 5.91 Å². The number of hydrogen-bond acceptors (Lipinski definition) is 3. The molecule has 1 fully saturated rings. The van der Waals surface area contributed by atoms with Crippen LogP contribution in [0.3, 0.4) is 0 Å². The second-order valence-corrected chi connectivity index (χ2v) is 2.95. The van der Waals surface area contributed by atoms with Crippen molar-refractivity contribution in [2.24, 2.45) is 0 Å². The van der Waals surface area contributed by atoms with E-state index in [-0.39, 0.29) is 12.0 Å². The molecule has 0 aliphatic carbocycles. The number of nitrogens with zero attached hydrogens (tertiary/aromatic N) is 1. The summed E-state index contributed by atoms with van der Waals surface area (Å²) in [6.07, 6.45) is -0.303. The molecule has 4 nitrogen and oxygen atoms in total. The zero-order valence-electron chi connectivity index (χ0n) is 7.67. The number of carbonyl (C=O) groups is 1. The summed E-state index contributed by atoms with van der Waals surface area (Å²) in [5.41, 5.74) is 0. The average molecular weight is 172 g/mol. The van der Waals surface area contributed by atoms with Gasteiger partial charge in [-0.15, -0.1) is 0 Å². The molecule has 12 heavy (non-hydrogen) atoms. The van der Waals surface area contributed by atoms with Crippen molar-refractivity contribution in [3.63, 3.8) is 0 Å². The van der Waals surface area contributed by atoms with Crippen LogP contribution < -0.4 is 5.32 Å². The Hall–Kier alpha value is -0.610. The minimum Gasteiger partial charge on any atom is -0.372 e. The average Bonchev–Trinajstić information content (AvgIpc) is 2.17. The number of hydrogen-bond donors (Lipinski definition) is 1. The largest absolute Gasteiger partial charge is 0.372 e. The predicted molar refractivity (Wildman–Crippen MR) is 45.9 cm³/mol. The van der Waals surface area contributed by atoms with Crippen LogP contribution in [0, 0.1) is 0 Å². The van der Waals surface area contributed by atoms with Crippen molar-refractivity contribution in [2.75, 3.05) is 33.3 Å². The molecule has 1 rings (SSSR count). The molecule has 0 bridgehead atoms. The van der Waals surface area contributed by atoms with Crippen molar-refractivity contribution in [1.29, 1.82) is 0 Å². The van der Waals surface area contributed by atoms with Gasteiger partial charge in [0.1, 0.15) is 6.10 Å². The number of nitrogens with one attached hydrogen (secondary N) is 1. The molecule has 0 aromatic rings. The summed E-state index contributed by atoms with van der Waals surface area (Å²) in [6, 6.07) is 0. The second-order valence-electron chi connectivity index (χ2n) is 2.95. The highest BCUT2D eigenvalue weighted by atomic mass is 16.5. The van der Waals surface area contributed by atoms with Crippen molar-refractivity contribution in [2.45, 2.75) is 13.0 Å². The van der Waals surface area contributed by atoms with Crippen LogP contribution in [0.2, 0.25) is 0 Å². The molecule has 1 unspecified atom stereocenters. The van der Waals surface area contributed by atoms with E-state index < -0.39 is 0 Å². The molecule has 4 heteroatoms. The number of piperazine rings is 1. The van der Waals surface area contributed by atoms with Crippen molar-refractivity contribution in [3.8, 4) is 0 Å². The highest BCUT2D eigenvalue weighted by Crippen LogP contribution is 1.99. The van der Waals surface area contributed by atoms with Gasteiger partial charge >= 0.3 is 0 Å². The topological polar surface area (TPSA) is 41.6 Å². The fraction of sp³-hybridized carbons (Fsp3) is 0.875.